The molecule has 0 amide bonds. The Morgan fingerprint density at radius 3 is 1.74 bits per heavy atom. The Kier molecular flexibility index (Phi) is 4.40. The maximum atomic E-state index is 3.53. The van der Waals surface area contributed by atoms with Gasteiger partial charge < -0.3 is 5.32 Å². The smallest absolute Gasteiger partial charge is 0.0396 e. The number of nitrogens with one attached hydrogen (secondary N) is 1. The van der Waals surface area contributed by atoms with E-state index in [2.05, 4.69) is 96.3 Å². The van der Waals surface area contributed by atoms with Gasteiger partial charge >= 0.3 is 0 Å². The van der Waals surface area contributed by atoms with Gasteiger partial charge in [0.15, 0.2) is 0 Å². The third-order valence-electron chi connectivity index (χ3n) is 4.51. The fourth-order valence-electron chi connectivity index (χ4n) is 3.15. The summed E-state index contributed by atoms with van der Waals surface area (Å²) < 4.78 is 0. The van der Waals surface area contributed by atoms with E-state index in [1.165, 1.54) is 30.7 Å². The standard InChI is InChI=1S/C24H17NS2/c1-2-6-17(7-3-1)18-10-12-19(13-11-18)25-20-14-15-23-24(16-20)27-22-9-5-4-8-21(22)26-23/h1-16,25H. The molecule has 0 saturated heterocycles. The van der Waals surface area contributed by atoms with Crippen LogP contribution in [0, 0.1) is 0 Å². The van der Waals surface area contributed by atoms with Crippen LogP contribution in [0.2, 0.25) is 0 Å². The van der Waals surface area contributed by atoms with Crippen molar-refractivity contribution in [2.24, 2.45) is 0 Å². The van der Waals surface area contributed by atoms with Gasteiger partial charge in [0.25, 0.3) is 0 Å². The maximum Gasteiger partial charge on any atom is 0.0396 e. The van der Waals surface area contributed by atoms with Crippen LogP contribution in [0.4, 0.5) is 11.4 Å². The van der Waals surface area contributed by atoms with Crippen LogP contribution in [-0.2, 0) is 0 Å². The Hall–Kier alpha value is -2.62. The molecule has 0 atom stereocenters. The van der Waals surface area contributed by atoms with Gasteiger partial charge in [-0.3, -0.25) is 0 Å². The second-order valence-corrected chi connectivity index (χ2v) is 8.55. The van der Waals surface area contributed by atoms with Crippen LogP contribution in [0.5, 0.6) is 0 Å². The fourth-order valence-corrected chi connectivity index (χ4v) is 5.40. The molecule has 0 spiro atoms. The van der Waals surface area contributed by atoms with Gasteiger partial charge in [0, 0.05) is 31.0 Å². The first-order chi connectivity index (χ1) is 13.3. The van der Waals surface area contributed by atoms with E-state index in [1.807, 2.05) is 29.6 Å². The zero-order chi connectivity index (χ0) is 18.1. The van der Waals surface area contributed by atoms with Gasteiger partial charge in [-0.2, -0.15) is 0 Å². The SMILES string of the molecule is c1ccc(-c2ccc(Nc3ccc4c(c3)Sc3ccccc3S4)cc2)cc1. The first-order valence-corrected chi connectivity index (χ1v) is 10.5. The van der Waals surface area contributed by atoms with Crippen molar-refractivity contribution in [3.8, 4) is 11.1 Å². The van der Waals surface area contributed by atoms with Gasteiger partial charge in [-0.25, -0.2) is 0 Å². The number of hydrogen-bond acceptors (Lipinski definition) is 3. The van der Waals surface area contributed by atoms with E-state index in [9.17, 15) is 0 Å². The van der Waals surface area contributed by atoms with Crippen LogP contribution in [0.15, 0.2) is 117 Å². The molecule has 1 nitrogen and oxygen atoms in total. The highest BCUT2D eigenvalue weighted by molar-refractivity contribution is 8.05. The molecule has 5 rings (SSSR count). The topological polar surface area (TPSA) is 12.0 Å². The molecule has 0 unspecified atom stereocenters. The third kappa shape index (κ3) is 3.48. The van der Waals surface area contributed by atoms with E-state index in [0.717, 1.165) is 11.4 Å². The molecule has 4 aromatic rings. The second-order valence-electron chi connectivity index (χ2n) is 6.38. The molecule has 0 aliphatic carbocycles. The minimum Gasteiger partial charge on any atom is -0.355 e. The highest BCUT2D eigenvalue weighted by atomic mass is 32.2. The molecule has 130 valence electrons. The predicted octanol–water partition coefficient (Wildman–Crippen LogP) is 7.71. The van der Waals surface area contributed by atoms with E-state index in [-0.39, 0.29) is 0 Å². The van der Waals surface area contributed by atoms with Crippen molar-refractivity contribution < 1.29 is 0 Å². The first kappa shape index (κ1) is 16.5. The minimum absolute atomic E-state index is 1.10. The molecule has 1 N–H and O–H groups in total. The van der Waals surface area contributed by atoms with E-state index in [1.54, 1.807) is 0 Å². The summed E-state index contributed by atoms with van der Waals surface area (Å²) in [7, 11) is 0. The van der Waals surface area contributed by atoms with E-state index in [0.29, 0.717) is 0 Å². The Labute approximate surface area is 167 Å². The van der Waals surface area contributed by atoms with Crippen LogP contribution < -0.4 is 5.32 Å². The van der Waals surface area contributed by atoms with Crippen LogP contribution in [0.1, 0.15) is 0 Å². The molecule has 3 heteroatoms. The molecule has 27 heavy (non-hydrogen) atoms. The van der Waals surface area contributed by atoms with Gasteiger partial charge in [-0.1, -0.05) is 78.1 Å². The summed E-state index contributed by atoms with van der Waals surface area (Å²) in [6, 6.07) is 34.3. The van der Waals surface area contributed by atoms with Gasteiger partial charge in [0.1, 0.15) is 0 Å². The quantitative estimate of drug-likeness (QED) is 0.342. The lowest BCUT2D eigenvalue weighted by Crippen LogP contribution is -1.93. The zero-order valence-electron chi connectivity index (χ0n) is 14.6. The maximum absolute atomic E-state index is 3.53. The van der Waals surface area contributed by atoms with Crippen molar-refractivity contribution in [2.45, 2.75) is 19.6 Å². The summed E-state index contributed by atoms with van der Waals surface area (Å²) in [6.45, 7) is 0. The van der Waals surface area contributed by atoms with Crippen molar-refractivity contribution in [3.63, 3.8) is 0 Å². The summed E-state index contributed by atoms with van der Waals surface area (Å²) in [5.41, 5.74) is 4.69. The van der Waals surface area contributed by atoms with Crippen LogP contribution in [-0.4, -0.2) is 0 Å². The Balaban J connectivity index is 1.36. The number of benzene rings is 4. The molecule has 1 aliphatic rings. The molecule has 0 saturated carbocycles. The van der Waals surface area contributed by atoms with Crippen LogP contribution >= 0.6 is 23.5 Å². The second kappa shape index (κ2) is 7.18. The lowest BCUT2D eigenvalue weighted by molar-refractivity contribution is 1.16. The number of fused-ring (bicyclic) bond motifs is 2. The van der Waals surface area contributed by atoms with Crippen molar-refractivity contribution in [2.75, 3.05) is 5.32 Å². The Morgan fingerprint density at radius 1 is 0.444 bits per heavy atom. The highest BCUT2D eigenvalue weighted by Crippen LogP contribution is 2.49. The van der Waals surface area contributed by atoms with Crippen molar-refractivity contribution in [1.82, 2.24) is 0 Å². The van der Waals surface area contributed by atoms with Crippen molar-refractivity contribution in [1.29, 1.82) is 0 Å². The zero-order valence-corrected chi connectivity index (χ0v) is 16.2. The normalized spacial score (nSPS) is 12.1. The first-order valence-electron chi connectivity index (χ1n) is 8.86. The van der Waals surface area contributed by atoms with Crippen LogP contribution in [0.3, 0.4) is 0 Å². The highest BCUT2D eigenvalue weighted by Gasteiger charge is 2.16. The molecule has 0 aromatic heterocycles. The summed E-state index contributed by atoms with van der Waals surface area (Å²) in [6.07, 6.45) is 0. The Bertz CT molecular complexity index is 1090. The van der Waals surface area contributed by atoms with E-state index < -0.39 is 0 Å². The monoisotopic (exact) mass is 383 g/mol. The molecule has 0 radical (unpaired) electrons. The molecule has 4 aromatic carbocycles. The van der Waals surface area contributed by atoms with Crippen molar-refractivity contribution >= 4 is 34.9 Å². The molecular weight excluding hydrogens is 366 g/mol. The predicted molar refractivity (Wildman–Crippen MR) is 116 cm³/mol. The lowest BCUT2D eigenvalue weighted by Gasteiger charge is -2.19. The lowest BCUT2D eigenvalue weighted by atomic mass is 10.1. The minimum atomic E-state index is 1.10. The molecule has 1 heterocycles. The summed E-state index contributed by atoms with van der Waals surface area (Å²) in [4.78, 5) is 5.31. The van der Waals surface area contributed by atoms with Crippen molar-refractivity contribution in [3.05, 3.63) is 97.1 Å². The van der Waals surface area contributed by atoms with Gasteiger partial charge in [-0.15, -0.1) is 0 Å². The van der Waals surface area contributed by atoms with E-state index in [4.69, 9.17) is 0 Å². The third-order valence-corrected chi connectivity index (χ3v) is 7.06. The molecular formula is C24H17NS2. The van der Waals surface area contributed by atoms with Gasteiger partial charge in [0.2, 0.25) is 0 Å². The van der Waals surface area contributed by atoms with Gasteiger partial charge in [-0.05, 0) is 53.6 Å². The fraction of sp³-hybridized carbons (Fsp3) is 0. The number of rotatable bonds is 3. The Morgan fingerprint density at radius 2 is 1.00 bits per heavy atom. The van der Waals surface area contributed by atoms with Crippen LogP contribution in [0.25, 0.3) is 11.1 Å². The van der Waals surface area contributed by atoms with E-state index >= 15 is 0 Å². The summed E-state index contributed by atoms with van der Waals surface area (Å²) in [5.74, 6) is 0. The molecule has 0 bridgehead atoms. The van der Waals surface area contributed by atoms with Gasteiger partial charge in [0.05, 0.1) is 0 Å². The molecule has 1 aliphatic heterocycles. The summed E-state index contributed by atoms with van der Waals surface area (Å²) in [5, 5.41) is 3.53. The number of hydrogen-bond donors (Lipinski definition) is 1. The average Bonchev–Trinajstić information content (AvgIpc) is 2.73. The largest absolute Gasteiger partial charge is 0.355 e. The number of anilines is 2. The summed E-state index contributed by atoms with van der Waals surface area (Å²) >= 11 is 3.69. The average molecular weight is 384 g/mol. The molecule has 0 fully saturated rings.